The smallest absolute Gasteiger partial charge is 0.274 e. The van der Waals surface area contributed by atoms with Crippen LogP contribution < -0.4 is 16.0 Å². The van der Waals surface area contributed by atoms with Crippen molar-refractivity contribution < 1.29 is 13.9 Å². The van der Waals surface area contributed by atoms with Gasteiger partial charge >= 0.3 is 0 Å². The highest BCUT2D eigenvalue weighted by atomic mass is 19.1. The van der Waals surface area contributed by atoms with E-state index in [-0.39, 0.29) is 17.4 Å². The maximum atomic E-state index is 13.8. The highest BCUT2D eigenvalue weighted by molar-refractivity contribution is 6.04. The molecular weight excluding hydrogens is 543 g/mol. The number of pyridine rings is 1. The van der Waals surface area contributed by atoms with Gasteiger partial charge in [-0.15, -0.1) is 0 Å². The van der Waals surface area contributed by atoms with Crippen LogP contribution in [0.25, 0.3) is 0 Å². The molecule has 0 spiro atoms. The van der Waals surface area contributed by atoms with Gasteiger partial charge in [0.1, 0.15) is 17.1 Å². The van der Waals surface area contributed by atoms with Crippen LogP contribution in [0.3, 0.4) is 0 Å². The number of halogens is 1. The van der Waals surface area contributed by atoms with E-state index >= 15 is 0 Å². The Balaban J connectivity index is 1.66. The molecule has 3 rings (SSSR count). The van der Waals surface area contributed by atoms with E-state index in [0.29, 0.717) is 35.3 Å². The fourth-order valence-corrected chi connectivity index (χ4v) is 4.33. The molecule has 0 aliphatic carbocycles. The molecule has 3 N–H and O–H groups in total. The summed E-state index contributed by atoms with van der Waals surface area (Å²) in [4.78, 5) is 21.8. The Morgan fingerprint density at radius 3 is 2.23 bits per heavy atom. The molecule has 3 aromatic rings. The maximum Gasteiger partial charge on any atom is 0.274 e. The van der Waals surface area contributed by atoms with Gasteiger partial charge in [0.2, 0.25) is 0 Å². The Hall–Kier alpha value is -4.37. The number of ether oxygens (including phenoxy) is 1. The van der Waals surface area contributed by atoms with E-state index < -0.39 is 5.60 Å². The first-order chi connectivity index (χ1) is 20.4. The molecule has 0 saturated carbocycles. The summed E-state index contributed by atoms with van der Waals surface area (Å²) in [5.41, 5.74) is 2.68. The van der Waals surface area contributed by atoms with E-state index in [1.807, 2.05) is 45.0 Å². The molecule has 9 heteroatoms. The van der Waals surface area contributed by atoms with Crippen molar-refractivity contribution >= 4 is 23.0 Å². The van der Waals surface area contributed by atoms with Gasteiger partial charge in [-0.3, -0.25) is 9.78 Å². The molecule has 0 radical (unpaired) electrons. The van der Waals surface area contributed by atoms with Crippen LogP contribution in [0.5, 0.6) is 0 Å². The lowest BCUT2D eigenvalue weighted by atomic mass is 10.2. The number of aromatic nitrogens is 1. The second kappa shape index (κ2) is 15.7. The summed E-state index contributed by atoms with van der Waals surface area (Å²) in [7, 11) is 4.15. The summed E-state index contributed by atoms with van der Waals surface area (Å²) in [6.45, 7) is 16.3. The molecule has 0 bridgehead atoms. The number of rotatable bonds is 16. The van der Waals surface area contributed by atoms with E-state index in [0.717, 1.165) is 37.9 Å². The van der Waals surface area contributed by atoms with Crippen molar-refractivity contribution in [2.24, 2.45) is 0 Å². The van der Waals surface area contributed by atoms with Crippen LogP contribution in [-0.2, 0) is 11.3 Å². The van der Waals surface area contributed by atoms with E-state index in [1.54, 1.807) is 30.5 Å². The molecule has 1 aromatic heterocycles. The fourth-order valence-electron chi connectivity index (χ4n) is 4.33. The minimum atomic E-state index is -0.405. The molecule has 0 aliphatic rings. The summed E-state index contributed by atoms with van der Waals surface area (Å²) in [5.74, 6) is 0.402. The Kier molecular flexibility index (Phi) is 12.1. The monoisotopic (exact) mass is 588 g/mol. The van der Waals surface area contributed by atoms with Crippen molar-refractivity contribution in [2.45, 2.75) is 52.2 Å². The first kappa shape index (κ1) is 33.1. The van der Waals surface area contributed by atoms with Gasteiger partial charge < -0.3 is 30.5 Å². The molecule has 0 aliphatic heterocycles. The number of unbranched alkanes of at least 4 members (excludes halogenated alkanes) is 2. The highest BCUT2D eigenvalue weighted by Crippen LogP contribution is 2.25. The summed E-state index contributed by atoms with van der Waals surface area (Å²) >= 11 is 0. The second-order valence-corrected chi connectivity index (χ2v) is 11.7. The zero-order chi connectivity index (χ0) is 31.4. The Bertz CT molecular complexity index is 1370. The van der Waals surface area contributed by atoms with Gasteiger partial charge in [-0.25, -0.2) is 4.39 Å². The van der Waals surface area contributed by atoms with Crippen LogP contribution in [0, 0.1) is 5.82 Å². The molecule has 0 saturated heterocycles. The fraction of sp³-hybridized carbons (Fsp3) is 0.353. The van der Waals surface area contributed by atoms with E-state index in [9.17, 15) is 9.18 Å². The van der Waals surface area contributed by atoms with Crippen molar-refractivity contribution in [3.63, 3.8) is 0 Å². The van der Waals surface area contributed by atoms with Crippen LogP contribution in [0.15, 0.2) is 91.7 Å². The number of amides is 1. The SMILES string of the molecule is C=C(Nc1ccccc1NC(=O)c1ccc(CN(CCCCCN(C)C)C(=C)Nc2cccc(F)c2)cn1)OC(C)(C)C. The van der Waals surface area contributed by atoms with Crippen molar-refractivity contribution in [1.29, 1.82) is 0 Å². The molecule has 230 valence electrons. The van der Waals surface area contributed by atoms with Gasteiger partial charge in [0.15, 0.2) is 5.88 Å². The number of benzene rings is 2. The zero-order valence-electron chi connectivity index (χ0n) is 26.0. The van der Waals surface area contributed by atoms with Crippen LogP contribution in [-0.4, -0.2) is 53.5 Å². The number of nitrogens with one attached hydrogen (secondary N) is 3. The predicted molar refractivity (Wildman–Crippen MR) is 174 cm³/mol. The number of carbonyl (C=O) groups excluding carboxylic acids is 1. The minimum Gasteiger partial charge on any atom is -0.474 e. The van der Waals surface area contributed by atoms with Crippen molar-refractivity contribution in [3.05, 3.63) is 109 Å². The molecule has 1 heterocycles. The van der Waals surface area contributed by atoms with Gasteiger partial charge in [-0.1, -0.05) is 37.3 Å². The number of nitrogens with zero attached hydrogens (tertiary/aromatic N) is 3. The summed E-state index contributed by atoms with van der Waals surface area (Å²) in [5, 5.41) is 9.27. The first-order valence-electron chi connectivity index (χ1n) is 14.5. The average molecular weight is 589 g/mol. The third kappa shape index (κ3) is 11.8. The van der Waals surface area contributed by atoms with Crippen LogP contribution in [0.2, 0.25) is 0 Å². The quantitative estimate of drug-likeness (QED) is 0.120. The van der Waals surface area contributed by atoms with Crippen LogP contribution >= 0.6 is 0 Å². The number of anilines is 3. The molecule has 0 unspecified atom stereocenters. The van der Waals surface area contributed by atoms with E-state index in [2.05, 4.69) is 58.0 Å². The lowest BCUT2D eigenvalue weighted by Gasteiger charge is -2.28. The largest absolute Gasteiger partial charge is 0.474 e. The number of hydrogen-bond donors (Lipinski definition) is 3. The number of carbonyl (C=O) groups is 1. The van der Waals surface area contributed by atoms with Crippen molar-refractivity contribution in [2.75, 3.05) is 43.1 Å². The van der Waals surface area contributed by atoms with E-state index in [4.69, 9.17) is 4.74 Å². The molecular formula is C34H45FN6O2. The molecule has 0 atom stereocenters. The lowest BCUT2D eigenvalue weighted by Crippen LogP contribution is -2.27. The van der Waals surface area contributed by atoms with Gasteiger partial charge in [0.25, 0.3) is 5.91 Å². The number of para-hydroxylation sites is 2. The van der Waals surface area contributed by atoms with Gasteiger partial charge in [-0.05, 0) is 103 Å². The van der Waals surface area contributed by atoms with Crippen molar-refractivity contribution in [1.82, 2.24) is 14.8 Å². The van der Waals surface area contributed by atoms with Crippen LogP contribution in [0.1, 0.15) is 56.1 Å². The Morgan fingerprint density at radius 1 is 0.907 bits per heavy atom. The third-order valence-corrected chi connectivity index (χ3v) is 6.34. The lowest BCUT2D eigenvalue weighted by molar-refractivity contribution is 0.0565. The number of hydrogen-bond acceptors (Lipinski definition) is 7. The van der Waals surface area contributed by atoms with Gasteiger partial charge in [0.05, 0.1) is 17.2 Å². The van der Waals surface area contributed by atoms with Crippen molar-refractivity contribution in [3.8, 4) is 0 Å². The average Bonchev–Trinajstić information content (AvgIpc) is 2.92. The highest BCUT2D eigenvalue weighted by Gasteiger charge is 2.16. The summed E-state index contributed by atoms with van der Waals surface area (Å²) < 4.78 is 19.5. The normalized spacial score (nSPS) is 11.1. The molecule has 1 amide bonds. The Labute approximate surface area is 255 Å². The molecule has 8 nitrogen and oxygen atoms in total. The predicted octanol–water partition coefficient (Wildman–Crippen LogP) is 7.29. The molecule has 2 aromatic carbocycles. The first-order valence-corrected chi connectivity index (χ1v) is 14.5. The Morgan fingerprint density at radius 2 is 1.60 bits per heavy atom. The van der Waals surface area contributed by atoms with E-state index in [1.165, 1.54) is 12.1 Å². The van der Waals surface area contributed by atoms with Gasteiger partial charge in [-0.2, -0.15) is 0 Å². The molecule has 0 fully saturated rings. The second-order valence-electron chi connectivity index (χ2n) is 11.7. The minimum absolute atomic E-state index is 0.287. The summed E-state index contributed by atoms with van der Waals surface area (Å²) in [6.07, 6.45) is 4.86. The molecule has 43 heavy (non-hydrogen) atoms. The third-order valence-electron chi connectivity index (χ3n) is 6.34. The summed E-state index contributed by atoms with van der Waals surface area (Å²) in [6, 6.07) is 17.2. The topological polar surface area (TPSA) is 81.8 Å². The van der Waals surface area contributed by atoms with Crippen LogP contribution in [0.4, 0.5) is 21.5 Å². The zero-order valence-corrected chi connectivity index (χ0v) is 26.0. The maximum absolute atomic E-state index is 13.8. The standard InChI is InChI=1S/C34H45FN6O2/c1-25(37-29-15-13-14-28(35)22-29)41(21-12-8-11-20-40(6)7)24-27-18-19-32(36-23-27)33(42)39-31-17-10-9-16-30(31)38-26(2)43-34(3,4)5/h9-10,13-19,22-23,37-38H,1-2,8,11-12,20-21,24H2,3-7H3,(H,39,42). The van der Waals surface area contributed by atoms with Gasteiger partial charge in [0, 0.05) is 25.0 Å².